The number of aryl methyl sites for hydroxylation is 2. The van der Waals surface area contributed by atoms with Crippen LogP contribution in [0.3, 0.4) is 0 Å². The Balaban J connectivity index is 1.95. The van der Waals surface area contributed by atoms with Gasteiger partial charge in [0.1, 0.15) is 5.75 Å². The van der Waals surface area contributed by atoms with Crippen LogP contribution in [0.2, 0.25) is 10.0 Å². The number of anilines is 1. The number of carbonyl (C=O) groups excluding carboxylic acids is 1. The maximum atomic E-state index is 11.9. The van der Waals surface area contributed by atoms with Crippen LogP contribution in [0.25, 0.3) is 0 Å². The second kappa shape index (κ2) is 6.83. The average Bonchev–Trinajstić information content (AvgIpc) is 2.34. The monoisotopic (exact) mass is 323 g/mol. The van der Waals surface area contributed by atoms with E-state index in [2.05, 4.69) is 5.32 Å². The quantitative estimate of drug-likeness (QED) is 0.890. The highest BCUT2D eigenvalue weighted by atomic mass is 35.5. The summed E-state index contributed by atoms with van der Waals surface area (Å²) < 4.78 is 5.48. The van der Waals surface area contributed by atoms with Crippen molar-refractivity contribution >= 4 is 34.8 Å². The van der Waals surface area contributed by atoms with Crippen LogP contribution in [0.4, 0.5) is 5.69 Å². The fraction of sp³-hybridized carbons (Fsp3) is 0.188. The van der Waals surface area contributed by atoms with E-state index in [-0.39, 0.29) is 12.5 Å². The van der Waals surface area contributed by atoms with Gasteiger partial charge in [0.05, 0.1) is 0 Å². The minimum Gasteiger partial charge on any atom is -0.484 e. The van der Waals surface area contributed by atoms with Gasteiger partial charge in [0, 0.05) is 15.7 Å². The summed E-state index contributed by atoms with van der Waals surface area (Å²) in [7, 11) is 0. The third-order valence-corrected chi connectivity index (χ3v) is 3.15. The van der Waals surface area contributed by atoms with Crippen LogP contribution < -0.4 is 10.1 Å². The summed E-state index contributed by atoms with van der Waals surface area (Å²) in [4.78, 5) is 11.9. The van der Waals surface area contributed by atoms with Crippen LogP contribution in [-0.4, -0.2) is 12.5 Å². The minimum atomic E-state index is -0.271. The highest BCUT2D eigenvalue weighted by Crippen LogP contribution is 2.22. The number of hydrogen-bond acceptors (Lipinski definition) is 2. The Morgan fingerprint density at radius 2 is 1.57 bits per heavy atom. The van der Waals surface area contributed by atoms with E-state index in [9.17, 15) is 4.79 Å². The first-order valence-electron chi connectivity index (χ1n) is 6.39. The molecule has 0 spiro atoms. The Kier molecular flexibility index (Phi) is 5.10. The van der Waals surface area contributed by atoms with E-state index in [1.165, 1.54) is 0 Å². The van der Waals surface area contributed by atoms with Crippen molar-refractivity contribution in [2.75, 3.05) is 11.9 Å². The molecule has 0 aliphatic rings. The SMILES string of the molecule is Cc1cc(C)cc(OCC(=O)Nc2cc(Cl)cc(Cl)c2)c1. The van der Waals surface area contributed by atoms with Crippen molar-refractivity contribution in [3.8, 4) is 5.75 Å². The van der Waals surface area contributed by atoms with Gasteiger partial charge in [-0.2, -0.15) is 0 Å². The summed E-state index contributed by atoms with van der Waals surface area (Å²) in [5, 5.41) is 3.62. The number of carbonyl (C=O) groups is 1. The summed E-state index contributed by atoms with van der Waals surface area (Å²) in [5.41, 5.74) is 2.72. The van der Waals surface area contributed by atoms with Gasteiger partial charge in [-0.15, -0.1) is 0 Å². The normalized spacial score (nSPS) is 10.3. The Hall–Kier alpha value is -1.71. The predicted octanol–water partition coefficient (Wildman–Crippen LogP) is 4.63. The van der Waals surface area contributed by atoms with Crippen LogP contribution in [0.15, 0.2) is 36.4 Å². The van der Waals surface area contributed by atoms with Gasteiger partial charge in [0.15, 0.2) is 6.61 Å². The highest BCUT2D eigenvalue weighted by molar-refractivity contribution is 6.35. The van der Waals surface area contributed by atoms with Crippen LogP contribution in [0.1, 0.15) is 11.1 Å². The molecule has 21 heavy (non-hydrogen) atoms. The molecule has 1 N–H and O–H groups in total. The molecule has 2 aromatic rings. The van der Waals surface area contributed by atoms with Gasteiger partial charge in [-0.3, -0.25) is 4.79 Å². The van der Waals surface area contributed by atoms with Crippen LogP contribution in [0, 0.1) is 13.8 Å². The lowest BCUT2D eigenvalue weighted by Crippen LogP contribution is -2.20. The van der Waals surface area contributed by atoms with Gasteiger partial charge in [-0.1, -0.05) is 29.3 Å². The Labute approximate surface area is 133 Å². The van der Waals surface area contributed by atoms with E-state index in [0.717, 1.165) is 11.1 Å². The molecule has 5 heteroatoms. The number of nitrogens with one attached hydrogen (secondary N) is 1. The molecule has 110 valence electrons. The molecule has 0 atom stereocenters. The third-order valence-electron chi connectivity index (χ3n) is 2.71. The van der Waals surface area contributed by atoms with Gasteiger partial charge in [0.25, 0.3) is 5.91 Å². The number of halogens is 2. The van der Waals surface area contributed by atoms with E-state index in [4.69, 9.17) is 27.9 Å². The standard InChI is InChI=1S/C16H15Cl2NO2/c1-10-3-11(2)5-15(4-10)21-9-16(20)19-14-7-12(17)6-13(18)8-14/h3-8H,9H2,1-2H3,(H,19,20). The van der Waals surface area contributed by atoms with Gasteiger partial charge in [-0.25, -0.2) is 0 Å². The number of amides is 1. The van der Waals surface area contributed by atoms with E-state index >= 15 is 0 Å². The average molecular weight is 324 g/mol. The summed E-state index contributed by atoms with van der Waals surface area (Å²) >= 11 is 11.7. The van der Waals surface area contributed by atoms with Gasteiger partial charge in [0.2, 0.25) is 0 Å². The van der Waals surface area contributed by atoms with E-state index in [1.54, 1.807) is 18.2 Å². The molecule has 0 aromatic heterocycles. The zero-order valence-corrected chi connectivity index (χ0v) is 13.3. The van der Waals surface area contributed by atoms with Gasteiger partial charge < -0.3 is 10.1 Å². The molecule has 2 rings (SSSR count). The third kappa shape index (κ3) is 4.96. The van der Waals surface area contributed by atoms with Gasteiger partial charge in [-0.05, 0) is 55.3 Å². The molecule has 0 fully saturated rings. The zero-order chi connectivity index (χ0) is 15.4. The zero-order valence-electron chi connectivity index (χ0n) is 11.7. The van der Waals surface area contributed by atoms with Crippen LogP contribution >= 0.6 is 23.2 Å². The lowest BCUT2D eigenvalue weighted by Gasteiger charge is -2.09. The molecule has 0 bridgehead atoms. The topological polar surface area (TPSA) is 38.3 Å². The Morgan fingerprint density at radius 1 is 1.00 bits per heavy atom. The van der Waals surface area contributed by atoms with Crippen molar-refractivity contribution in [3.63, 3.8) is 0 Å². The fourth-order valence-electron chi connectivity index (χ4n) is 1.99. The maximum absolute atomic E-state index is 11.9. The molecular formula is C16H15Cl2NO2. The van der Waals surface area contributed by atoms with Crippen molar-refractivity contribution in [3.05, 3.63) is 57.6 Å². The van der Waals surface area contributed by atoms with Crippen LogP contribution in [0.5, 0.6) is 5.75 Å². The predicted molar refractivity (Wildman–Crippen MR) is 86.5 cm³/mol. The molecule has 0 unspecified atom stereocenters. The van der Waals surface area contributed by atoms with E-state index < -0.39 is 0 Å². The second-order valence-corrected chi connectivity index (χ2v) is 5.69. The first kappa shape index (κ1) is 15.7. The van der Waals surface area contributed by atoms with Crippen LogP contribution in [-0.2, 0) is 4.79 Å². The Bertz CT molecular complexity index is 631. The molecule has 0 heterocycles. The van der Waals surface area contributed by atoms with Crippen molar-refractivity contribution in [2.24, 2.45) is 0 Å². The summed E-state index contributed by atoms with van der Waals surface area (Å²) in [6.07, 6.45) is 0. The first-order valence-corrected chi connectivity index (χ1v) is 7.15. The van der Waals surface area contributed by atoms with Crippen molar-refractivity contribution in [2.45, 2.75) is 13.8 Å². The number of benzene rings is 2. The lowest BCUT2D eigenvalue weighted by molar-refractivity contribution is -0.118. The smallest absolute Gasteiger partial charge is 0.262 e. The second-order valence-electron chi connectivity index (χ2n) is 4.82. The van der Waals surface area contributed by atoms with Crippen molar-refractivity contribution in [1.29, 1.82) is 0 Å². The molecule has 1 amide bonds. The molecule has 2 aromatic carbocycles. The Morgan fingerprint density at radius 3 is 2.14 bits per heavy atom. The molecular weight excluding hydrogens is 309 g/mol. The minimum absolute atomic E-state index is 0.0764. The van der Waals surface area contributed by atoms with Crippen molar-refractivity contribution in [1.82, 2.24) is 0 Å². The molecule has 0 aliphatic heterocycles. The largest absolute Gasteiger partial charge is 0.484 e. The van der Waals surface area contributed by atoms with E-state index in [1.807, 2.05) is 32.0 Å². The van der Waals surface area contributed by atoms with Gasteiger partial charge >= 0.3 is 0 Å². The maximum Gasteiger partial charge on any atom is 0.262 e. The molecule has 3 nitrogen and oxygen atoms in total. The fourth-order valence-corrected chi connectivity index (χ4v) is 2.51. The van der Waals surface area contributed by atoms with E-state index in [0.29, 0.717) is 21.5 Å². The molecule has 0 radical (unpaired) electrons. The molecule has 0 saturated carbocycles. The number of hydrogen-bond donors (Lipinski definition) is 1. The first-order chi connectivity index (χ1) is 9.92. The molecule has 0 aliphatic carbocycles. The highest BCUT2D eigenvalue weighted by Gasteiger charge is 2.06. The summed E-state index contributed by atoms with van der Waals surface area (Å²) in [5.74, 6) is 0.402. The summed E-state index contributed by atoms with van der Waals surface area (Å²) in [6.45, 7) is 3.88. The van der Waals surface area contributed by atoms with Crippen molar-refractivity contribution < 1.29 is 9.53 Å². The molecule has 0 saturated heterocycles. The lowest BCUT2D eigenvalue weighted by atomic mass is 10.1. The summed E-state index contributed by atoms with van der Waals surface area (Å²) in [6, 6.07) is 10.7. The number of rotatable bonds is 4. The number of ether oxygens (including phenoxy) is 1.